The average molecular weight is 288 g/mol. The first-order valence-electron chi connectivity index (χ1n) is 6.69. The van der Waals surface area contributed by atoms with Crippen LogP contribution in [-0.2, 0) is 6.42 Å². The number of aromatic hydroxyl groups is 2. The fraction of sp³-hybridized carbons (Fsp3) is 0.294. The van der Waals surface area contributed by atoms with Crippen LogP contribution < -0.4 is 9.47 Å². The van der Waals surface area contributed by atoms with Gasteiger partial charge in [-0.25, -0.2) is 0 Å². The van der Waals surface area contributed by atoms with E-state index in [1.807, 2.05) is 13.8 Å². The van der Waals surface area contributed by atoms with Gasteiger partial charge >= 0.3 is 0 Å². The Bertz CT molecular complexity index is 605. The Balaban J connectivity index is 2.47. The molecule has 0 bridgehead atoms. The molecule has 0 amide bonds. The van der Waals surface area contributed by atoms with E-state index in [-0.39, 0.29) is 11.5 Å². The maximum atomic E-state index is 10.2. The zero-order valence-corrected chi connectivity index (χ0v) is 12.7. The van der Waals surface area contributed by atoms with Crippen LogP contribution in [-0.4, -0.2) is 24.4 Å². The topological polar surface area (TPSA) is 58.9 Å². The molecule has 4 heteroatoms. The van der Waals surface area contributed by atoms with E-state index in [0.29, 0.717) is 29.0 Å². The minimum absolute atomic E-state index is 0.218. The van der Waals surface area contributed by atoms with Gasteiger partial charge in [0.2, 0.25) is 0 Å². The van der Waals surface area contributed by atoms with Gasteiger partial charge in [0.05, 0.1) is 14.2 Å². The molecule has 0 heterocycles. The maximum Gasteiger partial charge on any atom is 0.122 e. The Morgan fingerprint density at radius 2 is 1.14 bits per heavy atom. The SMILES string of the molecule is COc1cc(C)c(O)c(Cc2cc(OC)cc(C)c2O)c1. The van der Waals surface area contributed by atoms with Crippen molar-refractivity contribution in [2.24, 2.45) is 0 Å². The molecule has 0 aliphatic carbocycles. The number of hydrogen-bond acceptors (Lipinski definition) is 4. The first-order chi connectivity index (χ1) is 9.96. The molecule has 2 aromatic rings. The Morgan fingerprint density at radius 3 is 1.48 bits per heavy atom. The zero-order valence-electron chi connectivity index (χ0n) is 12.7. The fourth-order valence-corrected chi connectivity index (χ4v) is 2.34. The fourth-order valence-electron chi connectivity index (χ4n) is 2.34. The van der Waals surface area contributed by atoms with Crippen LogP contribution in [0.5, 0.6) is 23.0 Å². The lowest BCUT2D eigenvalue weighted by atomic mass is 9.98. The molecule has 2 aromatic carbocycles. The van der Waals surface area contributed by atoms with Crippen LogP contribution in [0.3, 0.4) is 0 Å². The summed E-state index contributed by atoms with van der Waals surface area (Å²) in [5.41, 5.74) is 2.89. The molecular formula is C17H20O4. The molecular weight excluding hydrogens is 268 g/mol. The molecule has 0 saturated carbocycles. The van der Waals surface area contributed by atoms with Gasteiger partial charge in [-0.2, -0.15) is 0 Å². The maximum absolute atomic E-state index is 10.2. The van der Waals surface area contributed by atoms with E-state index in [4.69, 9.17) is 9.47 Å². The minimum Gasteiger partial charge on any atom is -0.507 e. The van der Waals surface area contributed by atoms with Crippen molar-refractivity contribution >= 4 is 0 Å². The Labute approximate surface area is 124 Å². The number of phenols is 2. The predicted molar refractivity (Wildman–Crippen MR) is 81.6 cm³/mol. The number of methoxy groups -OCH3 is 2. The third-order valence-electron chi connectivity index (χ3n) is 3.56. The average Bonchev–Trinajstić information content (AvgIpc) is 2.47. The smallest absolute Gasteiger partial charge is 0.122 e. The highest BCUT2D eigenvalue weighted by Crippen LogP contribution is 2.34. The van der Waals surface area contributed by atoms with Crippen molar-refractivity contribution in [2.45, 2.75) is 20.3 Å². The summed E-state index contributed by atoms with van der Waals surface area (Å²) in [6, 6.07) is 7.10. The Kier molecular flexibility index (Phi) is 4.26. The van der Waals surface area contributed by atoms with Gasteiger partial charge in [-0.1, -0.05) is 0 Å². The van der Waals surface area contributed by atoms with Gasteiger partial charge in [0.25, 0.3) is 0 Å². The van der Waals surface area contributed by atoms with Crippen molar-refractivity contribution in [2.75, 3.05) is 14.2 Å². The summed E-state index contributed by atoms with van der Waals surface area (Å²) in [4.78, 5) is 0. The standard InChI is InChI=1S/C17H20O4/c1-10-5-14(20-3)8-12(16(10)18)7-13-9-15(21-4)6-11(2)17(13)19/h5-6,8-9,18-19H,7H2,1-4H3. The summed E-state index contributed by atoms with van der Waals surface area (Å²) in [5.74, 6) is 1.80. The van der Waals surface area contributed by atoms with E-state index < -0.39 is 0 Å². The van der Waals surface area contributed by atoms with Crippen LogP contribution in [0.25, 0.3) is 0 Å². The second-order valence-corrected chi connectivity index (χ2v) is 5.08. The highest BCUT2D eigenvalue weighted by molar-refractivity contribution is 5.52. The molecule has 0 fully saturated rings. The molecule has 0 unspecified atom stereocenters. The number of phenolic OH excluding ortho intramolecular Hbond substituents is 2. The molecule has 112 valence electrons. The number of benzene rings is 2. The summed E-state index contributed by atoms with van der Waals surface area (Å²) < 4.78 is 10.5. The molecule has 0 spiro atoms. The molecule has 0 atom stereocenters. The quantitative estimate of drug-likeness (QED) is 0.906. The minimum atomic E-state index is 0.218. The second-order valence-electron chi connectivity index (χ2n) is 5.08. The van der Waals surface area contributed by atoms with Crippen LogP contribution in [0.4, 0.5) is 0 Å². The number of rotatable bonds is 4. The summed E-state index contributed by atoms with van der Waals surface area (Å²) in [6.45, 7) is 3.63. The molecule has 4 nitrogen and oxygen atoms in total. The van der Waals surface area contributed by atoms with Crippen LogP contribution in [0, 0.1) is 13.8 Å². The number of aryl methyl sites for hydroxylation is 2. The second kappa shape index (κ2) is 5.95. The van der Waals surface area contributed by atoms with Gasteiger partial charge < -0.3 is 19.7 Å². The van der Waals surface area contributed by atoms with Gasteiger partial charge in [-0.05, 0) is 49.2 Å². The summed E-state index contributed by atoms with van der Waals surface area (Å²) in [6.07, 6.45) is 0.397. The molecule has 2 rings (SSSR count). The van der Waals surface area contributed by atoms with E-state index in [1.165, 1.54) is 0 Å². The highest BCUT2D eigenvalue weighted by atomic mass is 16.5. The van der Waals surface area contributed by atoms with Gasteiger partial charge in [-0.3, -0.25) is 0 Å². The molecule has 0 aliphatic heterocycles. The molecule has 21 heavy (non-hydrogen) atoms. The number of hydrogen-bond donors (Lipinski definition) is 2. The largest absolute Gasteiger partial charge is 0.507 e. The van der Waals surface area contributed by atoms with Crippen molar-refractivity contribution < 1.29 is 19.7 Å². The van der Waals surface area contributed by atoms with Gasteiger partial charge in [0, 0.05) is 17.5 Å². The Morgan fingerprint density at radius 1 is 0.762 bits per heavy atom. The monoisotopic (exact) mass is 288 g/mol. The van der Waals surface area contributed by atoms with Crippen LogP contribution >= 0.6 is 0 Å². The van der Waals surface area contributed by atoms with E-state index in [0.717, 1.165) is 11.1 Å². The molecule has 2 N–H and O–H groups in total. The summed E-state index contributed by atoms with van der Waals surface area (Å²) in [7, 11) is 3.17. The first kappa shape index (κ1) is 15.0. The normalized spacial score (nSPS) is 10.5. The van der Waals surface area contributed by atoms with Crippen LogP contribution in [0.1, 0.15) is 22.3 Å². The van der Waals surface area contributed by atoms with Crippen LogP contribution in [0.2, 0.25) is 0 Å². The van der Waals surface area contributed by atoms with E-state index in [2.05, 4.69) is 0 Å². The first-order valence-corrected chi connectivity index (χ1v) is 6.69. The van der Waals surface area contributed by atoms with Crippen molar-refractivity contribution in [3.05, 3.63) is 46.5 Å². The van der Waals surface area contributed by atoms with Crippen LogP contribution in [0.15, 0.2) is 24.3 Å². The van der Waals surface area contributed by atoms with E-state index >= 15 is 0 Å². The third-order valence-corrected chi connectivity index (χ3v) is 3.56. The van der Waals surface area contributed by atoms with E-state index in [9.17, 15) is 10.2 Å². The predicted octanol–water partition coefficient (Wildman–Crippen LogP) is 3.32. The molecule has 0 radical (unpaired) electrons. The van der Waals surface area contributed by atoms with Gasteiger partial charge in [0.15, 0.2) is 0 Å². The van der Waals surface area contributed by atoms with Crippen molar-refractivity contribution in [3.8, 4) is 23.0 Å². The van der Waals surface area contributed by atoms with Crippen molar-refractivity contribution in [1.82, 2.24) is 0 Å². The van der Waals surface area contributed by atoms with Gasteiger partial charge in [0.1, 0.15) is 23.0 Å². The zero-order chi connectivity index (χ0) is 15.6. The molecule has 0 aliphatic rings. The highest BCUT2D eigenvalue weighted by Gasteiger charge is 2.13. The lowest BCUT2D eigenvalue weighted by molar-refractivity contribution is 0.408. The lowest BCUT2D eigenvalue weighted by Crippen LogP contribution is -1.96. The third kappa shape index (κ3) is 3.05. The molecule has 0 saturated heterocycles. The van der Waals surface area contributed by atoms with Gasteiger partial charge in [-0.15, -0.1) is 0 Å². The van der Waals surface area contributed by atoms with E-state index in [1.54, 1.807) is 38.5 Å². The number of ether oxygens (including phenoxy) is 2. The van der Waals surface area contributed by atoms with Crippen molar-refractivity contribution in [3.63, 3.8) is 0 Å². The summed E-state index contributed by atoms with van der Waals surface area (Å²) in [5, 5.41) is 20.4. The Hall–Kier alpha value is -2.36. The van der Waals surface area contributed by atoms with Crippen molar-refractivity contribution in [1.29, 1.82) is 0 Å². The lowest BCUT2D eigenvalue weighted by Gasteiger charge is -2.13. The molecule has 0 aromatic heterocycles. The summed E-state index contributed by atoms with van der Waals surface area (Å²) >= 11 is 0.